The van der Waals surface area contributed by atoms with Crippen molar-refractivity contribution in [2.24, 2.45) is 0 Å². The summed E-state index contributed by atoms with van der Waals surface area (Å²) < 4.78 is 8.10. The van der Waals surface area contributed by atoms with Gasteiger partial charge in [0.2, 0.25) is 0 Å². The summed E-state index contributed by atoms with van der Waals surface area (Å²) in [6.07, 6.45) is 3.45. The van der Waals surface area contributed by atoms with Crippen LogP contribution < -0.4 is 5.56 Å². The lowest BCUT2D eigenvalue weighted by molar-refractivity contribution is 0.0791. The molecular formula is C12H18BrN3O2Si. The van der Waals surface area contributed by atoms with Crippen LogP contribution in [0.2, 0.25) is 25.7 Å². The predicted molar refractivity (Wildman–Crippen MR) is 82.2 cm³/mol. The molecule has 2 aromatic rings. The summed E-state index contributed by atoms with van der Waals surface area (Å²) in [6.45, 7) is 8.06. The van der Waals surface area contributed by atoms with Gasteiger partial charge < -0.3 is 9.72 Å². The Morgan fingerprint density at radius 1 is 1.47 bits per heavy atom. The maximum atomic E-state index is 11.6. The maximum Gasteiger partial charge on any atom is 0.276 e. The molecule has 0 spiro atoms. The summed E-state index contributed by atoms with van der Waals surface area (Å²) in [7, 11) is -1.06. The summed E-state index contributed by atoms with van der Waals surface area (Å²) in [4.78, 5) is 14.2. The Morgan fingerprint density at radius 3 is 2.84 bits per heavy atom. The number of H-pyrrole nitrogens is 1. The number of aromatic amines is 1. The SMILES string of the molecule is C[Si](C)(C)CCOCn1cc2c(Br)c[nH]c(=O)c2n1. The second-order valence-electron chi connectivity index (χ2n) is 5.74. The van der Waals surface area contributed by atoms with Gasteiger partial charge in [-0.1, -0.05) is 19.6 Å². The minimum Gasteiger partial charge on any atom is -0.360 e. The van der Waals surface area contributed by atoms with Crippen LogP contribution >= 0.6 is 15.9 Å². The normalized spacial score (nSPS) is 12.2. The Bertz CT molecular complexity index is 630. The van der Waals surface area contributed by atoms with E-state index in [9.17, 15) is 4.79 Å². The fourth-order valence-corrected chi connectivity index (χ4v) is 2.80. The highest BCUT2D eigenvalue weighted by molar-refractivity contribution is 9.10. The Hall–Kier alpha value is -0.923. The van der Waals surface area contributed by atoms with Crippen molar-refractivity contribution in [1.29, 1.82) is 0 Å². The molecule has 0 amide bonds. The van der Waals surface area contributed by atoms with Crippen molar-refractivity contribution in [3.8, 4) is 0 Å². The van der Waals surface area contributed by atoms with Crippen LogP contribution in [0.15, 0.2) is 21.7 Å². The Balaban J connectivity index is 2.04. The van der Waals surface area contributed by atoms with Gasteiger partial charge in [0.1, 0.15) is 6.73 Å². The topological polar surface area (TPSA) is 59.9 Å². The van der Waals surface area contributed by atoms with Gasteiger partial charge in [0, 0.05) is 36.9 Å². The summed E-state index contributed by atoms with van der Waals surface area (Å²) in [6, 6.07) is 1.12. The number of aromatic nitrogens is 3. The lowest BCUT2D eigenvalue weighted by Gasteiger charge is -2.15. The number of nitrogens with one attached hydrogen (secondary N) is 1. The second kappa shape index (κ2) is 5.60. The first-order chi connectivity index (χ1) is 8.87. The molecule has 2 aromatic heterocycles. The van der Waals surface area contributed by atoms with Gasteiger partial charge in [-0.25, -0.2) is 4.68 Å². The Kier molecular flexibility index (Phi) is 4.27. The van der Waals surface area contributed by atoms with Crippen molar-refractivity contribution in [2.75, 3.05) is 6.61 Å². The second-order valence-corrected chi connectivity index (χ2v) is 12.2. The van der Waals surface area contributed by atoms with E-state index in [1.165, 1.54) is 0 Å². The van der Waals surface area contributed by atoms with E-state index in [-0.39, 0.29) is 5.56 Å². The minimum atomic E-state index is -1.06. The Morgan fingerprint density at radius 2 is 2.21 bits per heavy atom. The molecule has 0 radical (unpaired) electrons. The third kappa shape index (κ3) is 3.77. The zero-order valence-corrected chi connectivity index (χ0v) is 14.0. The van der Waals surface area contributed by atoms with E-state index in [1.807, 2.05) is 6.20 Å². The Labute approximate surface area is 121 Å². The number of hydrogen-bond acceptors (Lipinski definition) is 3. The molecule has 0 saturated carbocycles. The summed E-state index contributed by atoms with van der Waals surface area (Å²) in [5.74, 6) is 0. The third-order valence-corrected chi connectivity index (χ3v) is 5.14. The number of rotatable bonds is 5. The first-order valence-electron chi connectivity index (χ1n) is 6.19. The van der Waals surface area contributed by atoms with Crippen molar-refractivity contribution < 1.29 is 4.74 Å². The monoisotopic (exact) mass is 343 g/mol. The van der Waals surface area contributed by atoms with Crippen LogP contribution in [0.1, 0.15) is 0 Å². The average molecular weight is 344 g/mol. The first kappa shape index (κ1) is 14.5. The predicted octanol–water partition coefficient (Wildman–Crippen LogP) is 2.80. The largest absolute Gasteiger partial charge is 0.360 e. The summed E-state index contributed by atoms with van der Waals surface area (Å²) in [5.41, 5.74) is 0.252. The van der Waals surface area contributed by atoms with Gasteiger partial charge in [-0.2, -0.15) is 5.10 Å². The molecule has 0 aromatic carbocycles. The number of nitrogens with zero attached hydrogens (tertiary/aromatic N) is 2. The molecule has 0 atom stereocenters. The zero-order chi connectivity index (χ0) is 14.0. The molecule has 0 fully saturated rings. The van der Waals surface area contributed by atoms with Crippen molar-refractivity contribution in [1.82, 2.24) is 14.8 Å². The fraction of sp³-hybridized carbons (Fsp3) is 0.500. The van der Waals surface area contributed by atoms with Crippen LogP contribution in [0.5, 0.6) is 0 Å². The van der Waals surface area contributed by atoms with E-state index in [1.54, 1.807) is 10.9 Å². The number of hydrogen-bond donors (Lipinski definition) is 1. The molecule has 0 bridgehead atoms. The van der Waals surface area contributed by atoms with Gasteiger partial charge in [-0.05, 0) is 22.0 Å². The van der Waals surface area contributed by atoms with Crippen LogP contribution in [0.25, 0.3) is 10.9 Å². The molecule has 1 N–H and O–H groups in total. The highest BCUT2D eigenvalue weighted by Gasteiger charge is 2.12. The number of halogens is 1. The van der Waals surface area contributed by atoms with Gasteiger partial charge in [-0.15, -0.1) is 0 Å². The van der Waals surface area contributed by atoms with E-state index < -0.39 is 8.07 Å². The molecule has 2 rings (SSSR count). The molecule has 5 nitrogen and oxygen atoms in total. The van der Waals surface area contributed by atoms with Crippen LogP contribution in [-0.4, -0.2) is 29.4 Å². The number of ether oxygens (including phenoxy) is 1. The van der Waals surface area contributed by atoms with Crippen molar-refractivity contribution in [3.63, 3.8) is 0 Å². The van der Waals surface area contributed by atoms with E-state index in [2.05, 4.69) is 45.7 Å². The van der Waals surface area contributed by atoms with Crippen molar-refractivity contribution in [2.45, 2.75) is 32.4 Å². The molecular weight excluding hydrogens is 326 g/mol. The average Bonchev–Trinajstić information content (AvgIpc) is 2.74. The summed E-state index contributed by atoms with van der Waals surface area (Å²) >= 11 is 3.39. The standard InChI is InChI=1S/C12H18BrN3O2Si/c1-19(2,3)5-4-18-8-16-7-9-10(13)6-14-12(17)11(9)15-16/h6-7H,4-5,8H2,1-3H3,(H,14,17). The quantitative estimate of drug-likeness (QED) is 0.670. The molecule has 0 unspecified atom stereocenters. The van der Waals surface area contributed by atoms with Gasteiger partial charge in [0.25, 0.3) is 5.56 Å². The fourth-order valence-electron chi connectivity index (χ4n) is 1.64. The molecule has 104 valence electrons. The number of fused-ring (bicyclic) bond motifs is 1. The van der Waals surface area contributed by atoms with Crippen LogP contribution in [-0.2, 0) is 11.5 Å². The molecule has 0 aliphatic rings. The summed E-state index contributed by atoms with van der Waals surface area (Å²) in [5, 5.41) is 5.04. The molecule has 19 heavy (non-hydrogen) atoms. The van der Waals surface area contributed by atoms with Gasteiger partial charge >= 0.3 is 0 Å². The van der Waals surface area contributed by atoms with E-state index in [0.29, 0.717) is 12.2 Å². The first-order valence-corrected chi connectivity index (χ1v) is 10.7. The molecule has 7 heteroatoms. The molecule has 2 heterocycles. The zero-order valence-electron chi connectivity index (χ0n) is 11.4. The lowest BCUT2D eigenvalue weighted by Crippen LogP contribution is -2.22. The van der Waals surface area contributed by atoms with Crippen molar-refractivity contribution >= 4 is 34.9 Å². The van der Waals surface area contributed by atoms with Crippen LogP contribution in [0.3, 0.4) is 0 Å². The maximum absolute atomic E-state index is 11.6. The minimum absolute atomic E-state index is 0.181. The van der Waals surface area contributed by atoms with Gasteiger partial charge in [-0.3, -0.25) is 4.79 Å². The third-order valence-electron chi connectivity index (χ3n) is 2.78. The van der Waals surface area contributed by atoms with Crippen LogP contribution in [0.4, 0.5) is 0 Å². The molecule has 0 aliphatic heterocycles. The molecule has 0 saturated heterocycles. The van der Waals surface area contributed by atoms with E-state index in [0.717, 1.165) is 22.5 Å². The lowest BCUT2D eigenvalue weighted by atomic mass is 10.3. The number of pyridine rings is 1. The highest BCUT2D eigenvalue weighted by Crippen LogP contribution is 2.18. The van der Waals surface area contributed by atoms with E-state index in [4.69, 9.17) is 4.74 Å². The van der Waals surface area contributed by atoms with Crippen molar-refractivity contribution in [3.05, 3.63) is 27.2 Å². The van der Waals surface area contributed by atoms with E-state index >= 15 is 0 Å². The van der Waals surface area contributed by atoms with Gasteiger partial charge in [0.05, 0.1) is 0 Å². The van der Waals surface area contributed by atoms with Gasteiger partial charge in [0.15, 0.2) is 5.52 Å². The highest BCUT2D eigenvalue weighted by atomic mass is 79.9. The smallest absolute Gasteiger partial charge is 0.276 e. The molecule has 0 aliphatic carbocycles. The van der Waals surface area contributed by atoms with Crippen LogP contribution in [0, 0.1) is 0 Å².